The molecule has 0 radical (unpaired) electrons. The summed E-state index contributed by atoms with van der Waals surface area (Å²) in [4.78, 5) is 14.4. The van der Waals surface area contributed by atoms with E-state index in [1.807, 2.05) is 31.2 Å². The third-order valence-corrected chi connectivity index (χ3v) is 3.85. The average Bonchev–Trinajstić information content (AvgIpc) is 2.77. The standard InChI is InChI=1S/C17H16FNO/c1-11-6-5-8-14(16(11)18)17(20)19-12(2)10-13-7-3-4-9-15(13)19/h3-9,12H,10H2,1-2H3. The molecule has 0 aliphatic carbocycles. The van der Waals surface area contributed by atoms with Crippen LogP contribution in [0.25, 0.3) is 0 Å². The van der Waals surface area contributed by atoms with Gasteiger partial charge in [-0.15, -0.1) is 0 Å². The number of aryl methyl sites for hydroxylation is 1. The molecule has 0 bridgehead atoms. The van der Waals surface area contributed by atoms with E-state index in [-0.39, 0.29) is 17.5 Å². The lowest BCUT2D eigenvalue weighted by Crippen LogP contribution is -2.36. The van der Waals surface area contributed by atoms with Gasteiger partial charge < -0.3 is 4.90 Å². The highest BCUT2D eigenvalue weighted by atomic mass is 19.1. The molecule has 1 aliphatic heterocycles. The fourth-order valence-corrected chi connectivity index (χ4v) is 2.82. The van der Waals surface area contributed by atoms with E-state index in [1.54, 1.807) is 30.0 Å². The van der Waals surface area contributed by atoms with Crippen LogP contribution in [0, 0.1) is 12.7 Å². The van der Waals surface area contributed by atoms with E-state index in [0.29, 0.717) is 5.56 Å². The lowest BCUT2D eigenvalue weighted by atomic mass is 10.1. The Balaban J connectivity index is 2.05. The van der Waals surface area contributed by atoms with E-state index in [9.17, 15) is 9.18 Å². The van der Waals surface area contributed by atoms with Crippen LogP contribution in [-0.4, -0.2) is 11.9 Å². The quantitative estimate of drug-likeness (QED) is 0.772. The zero-order valence-corrected chi connectivity index (χ0v) is 11.6. The number of nitrogens with zero attached hydrogens (tertiary/aromatic N) is 1. The number of hydrogen-bond acceptors (Lipinski definition) is 1. The van der Waals surface area contributed by atoms with Gasteiger partial charge >= 0.3 is 0 Å². The average molecular weight is 269 g/mol. The van der Waals surface area contributed by atoms with Crippen molar-refractivity contribution < 1.29 is 9.18 Å². The molecule has 0 saturated carbocycles. The second-order valence-electron chi connectivity index (χ2n) is 5.29. The molecule has 20 heavy (non-hydrogen) atoms. The van der Waals surface area contributed by atoms with Gasteiger partial charge in [0.1, 0.15) is 5.82 Å². The maximum Gasteiger partial charge on any atom is 0.261 e. The Morgan fingerprint density at radius 1 is 1.20 bits per heavy atom. The molecule has 0 spiro atoms. The molecule has 102 valence electrons. The SMILES string of the molecule is Cc1cccc(C(=O)N2c3ccccc3CC2C)c1F. The fraction of sp³-hybridized carbons (Fsp3) is 0.235. The predicted octanol–water partition coefficient (Wildman–Crippen LogP) is 3.73. The van der Waals surface area contributed by atoms with Gasteiger partial charge in [0, 0.05) is 11.7 Å². The number of para-hydroxylation sites is 1. The molecule has 1 amide bonds. The van der Waals surface area contributed by atoms with Gasteiger partial charge in [0.15, 0.2) is 0 Å². The molecule has 2 nitrogen and oxygen atoms in total. The summed E-state index contributed by atoms with van der Waals surface area (Å²) in [6, 6.07) is 12.8. The van der Waals surface area contributed by atoms with E-state index in [1.165, 1.54) is 0 Å². The molecule has 1 unspecified atom stereocenters. The molecule has 3 rings (SSSR count). The number of carbonyl (C=O) groups is 1. The van der Waals surface area contributed by atoms with Crippen molar-refractivity contribution in [2.24, 2.45) is 0 Å². The number of rotatable bonds is 1. The van der Waals surface area contributed by atoms with Crippen molar-refractivity contribution in [1.82, 2.24) is 0 Å². The number of hydrogen-bond donors (Lipinski definition) is 0. The van der Waals surface area contributed by atoms with Crippen molar-refractivity contribution in [3.63, 3.8) is 0 Å². The highest BCUT2D eigenvalue weighted by molar-refractivity contribution is 6.08. The minimum atomic E-state index is -0.422. The van der Waals surface area contributed by atoms with Gasteiger partial charge in [-0.25, -0.2) is 4.39 Å². The van der Waals surface area contributed by atoms with Crippen molar-refractivity contribution >= 4 is 11.6 Å². The Kier molecular flexibility index (Phi) is 3.05. The third-order valence-electron chi connectivity index (χ3n) is 3.85. The summed E-state index contributed by atoms with van der Waals surface area (Å²) in [5.41, 5.74) is 2.68. The molecule has 2 aromatic rings. The van der Waals surface area contributed by atoms with Crippen LogP contribution in [-0.2, 0) is 6.42 Å². The third kappa shape index (κ3) is 1.90. The van der Waals surface area contributed by atoms with Crippen LogP contribution in [0.4, 0.5) is 10.1 Å². The topological polar surface area (TPSA) is 20.3 Å². The predicted molar refractivity (Wildman–Crippen MR) is 77.6 cm³/mol. The first-order chi connectivity index (χ1) is 9.59. The molecular formula is C17H16FNO. The molecule has 0 N–H and O–H groups in total. The Morgan fingerprint density at radius 2 is 1.95 bits per heavy atom. The Bertz CT molecular complexity index is 680. The highest BCUT2D eigenvalue weighted by Gasteiger charge is 2.32. The number of halogens is 1. The van der Waals surface area contributed by atoms with Gasteiger partial charge in [-0.05, 0) is 43.5 Å². The zero-order chi connectivity index (χ0) is 14.3. The van der Waals surface area contributed by atoms with E-state index in [0.717, 1.165) is 17.7 Å². The number of benzene rings is 2. The van der Waals surface area contributed by atoms with Crippen molar-refractivity contribution in [1.29, 1.82) is 0 Å². The Morgan fingerprint density at radius 3 is 2.75 bits per heavy atom. The van der Waals surface area contributed by atoms with Crippen LogP contribution >= 0.6 is 0 Å². The van der Waals surface area contributed by atoms with Gasteiger partial charge in [-0.1, -0.05) is 30.3 Å². The van der Waals surface area contributed by atoms with Crippen LogP contribution < -0.4 is 4.90 Å². The van der Waals surface area contributed by atoms with Crippen LogP contribution in [0.15, 0.2) is 42.5 Å². The molecular weight excluding hydrogens is 253 g/mol. The molecule has 1 aliphatic rings. The highest BCUT2D eigenvalue weighted by Crippen LogP contribution is 2.33. The van der Waals surface area contributed by atoms with Gasteiger partial charge in [0.25, 0.3) is 5.91 Å². The molecule has 1 atom stereocenters. The molecule has 1 heterocycles. The zero-order valence-electron chi connectivity index (χ0n) is 11.6. The summed E-state index contributed by atoms with van der Waals surface area (Å²) < 4.78 is 14.2. The molecule has 2 aromatic carbocycles. The summed E-state index contributed by atoms with van der Waals surface area (Å²) in [6.45, 7) is 3.67. The monoisotopic (exact) mass is 269 g/mol. The molecule has 0 saturated heterocycles. The number of anilines is 1. The first-order valence-electron chi connectivity index (χ1n) is 6.76. The Labute approximate surface area is 117 Å². The maximum absolute atomic E-state index is 14.2. The van der Waals surface area contributed by atoms with Crippen molar-refractivity contribution in [2.45, 2.75) is 26.3 Å². The second kappa shape index (κ2) is 4.75. The smallest absolute Gasteiger partial charge is 0.261 e. The second-order valence-corrected chi connectivity index (χ2v) is 5.29. The normalized spacial score (nSPS) is 17.1. The van der Waals surface area contributed by atoms with Gasteiger partial charge in [-0.3, -0.25) is 4.79 Å². The fourth-order valence-electron chi connectivity index (χ4n) is 2.82. The number of fused-ring (bicyclic) bond motifs is 1. The summed E-state index contributed by atoms with van der Waals surface area (Å²) >= 11 is 0. The molecule has 3 heteroatoms. The van der Waals surface area contributed by atoms with E-state index in [4.69, 9.17) is 0 Å². The van der Waals surface area contributed by atoms with E-state index >= 15 is 0 Å². The van der Waals surface area contributed by atoms with Crippen LogP contribution in [0.2, 0.25) is 0 Å². The maximum atomic E-state index is 14.2. The first kappa shape index (κ1) is 12.9. The number of amides is 1. The van der Waals surface area contributed by atoms with E-state index in [2.05, 4.69) is 0 Å². The molecule has 0 aromatic heterocycles. The minimum Gasteiger partial charge on any atom is -0.305 e. The molecule has 0 fully saturated rings. The minimum absolute atomic E-state index is 0.0554. The van der Waals surface area contributed by atoms with Gasteiger partial charge in [0.2, 0.25) is 0 Å². The van der Waals surface area contributed by atoms with Crippen LogP contribution in [0.1, 0.15) is 28.4 Å². The summed E-state index contributed by atoms with van der Waals surface area (Å²) in [7, 11) is 0. The number of carbonyl (C=O) groups excluding carboxylic acids is 1. The lowest BCUT2D eigenvalue weighted by molar-refractivity contribution is 0.0977. The van der Waals surface area contributed by atoms with Crippen molar-refractivity contribution in [3.8, 4) is 0 Å². The lowest BCUT2D eigenvalue weighted by Gasteiger charge is -2.23. The van der Waals surface area contributed by atoms with Crippen molar-refractivity contribution in [3.05, 3.63) is 65.0 Å². The van der Waals surface area contributed by atoms with Gasteiger partial charge in [-0.2, -0.15) is 0 Å². The Hall–Kier alpha value is -2.16. The summed E-state index contributed by atoms with van der Waals surface area (Å²) in [5, 5.41) is 0. The van der Waals surface area contributed by atoms with Crippen molar-refractivity contribution in [2.75, 3.05) is 4.90 Å². The largest absolute Gasteiger partial charge is 0.305 e. The summed E-state index contributed by atoms with van der Waals surface area (Å²) in [5.74, 6) is -0.683. The summed E-state index contributed by atoms with van der Waals surface area (Å²) in [6.07, 6.45) is 0.815. The van der Waals surface area contributed by atoms with E-state index < -0.39 is 5.82 Å². The first-order valence-corrected chi connectivity index (χ1v) is 6.76. The van der Waals surface area contributed by atoms with Crippen LogP contribution in [0.5, 0.6) is 0 Å². The van der Waals surface area contributed by atoms with Crippen LogP contribution in [0.3, 0.4) is 0 Å². The van der Waals surface area contributed by atoms with Gasteiger partial charge in [0.05, 0.1) is 5.56 Å².